The first-order valence-corrected chi connectivity index (χ1v) is 3.13. The Balaban J connectivity index is 0. The second-order valence-corrected chi connectivity index (χ2v) is 2.23. The van der Waals surface area contributed by atoms with Gasteiger partial charge in [0.05, 0.1) is 0 Å². The van der Waals surface area contributed by atoms with Crippen molar-refractivity contribution in [2.24, 2.45) is 0 Å². The number of cyclic esters (lactones) is 1. The molecule has 0 saturated carbocycles. The minimum absolute atomic E-state index is 0. The molecule has 0 spiro atoms. The molecular formula is C8H8MgO2. The number of rotatable bonds is 1. The molecule has 1 fully saturated rings. The average Bonchev–Trinajstić information content (AvgIpc) is 2.69. The van der Waals surface area contributed by atoms with Crippen LogP contribution in [0, 0.1) is 0 Å². The molecule has 54 valence electrons. The molecule has 1 aliphatic heterocycles. The van der Waals surface area contributed by atoms with Crippen molar-refractivity contribution in [1.29, 1.82) is 0 Å². The summed E-state index contributed by atoms with van der Waals surface area (Å²) in [5, 5.41) is 0. The van der Waals surface area contributed by atoms with Crippen LogP contribution in [0.2, 0.25) is 0 Å². The van der Waals surface area contributed by atoms with E-state index in [1.807, 2.05) is 30.3 Å². The molecule has 2 nitrogen and oxygen atoms in total. The number of hydrogen-bond donors (Lipinski definition) is 0. The van der Waals surface area contributed by atoms with Gasteiger partial charge in [-0.3, -0.25) is 0 Å². The molecule has 1 aromatic carbocycles. The zero-order valence-electron chi connectivity index (χ0n) is 7.99. The topological polar surface area (TPSA) is 29.6 Å². The van der Waals surface area contributed by atoms with Gasteiger partial charge in [-0.2, -0.15) is 0 Å². The molecule has 1 aliphatic rings. The Morgan fingerprint density at radius 2 is 1.82 bits per heavy atom. The third kappa shape index (κ3) is 1.73. The minimum atomic E-state index is -0.263. The van der Waals surface area contributed by atoms with Gasteiger partial charge in [0.2, 0.25) is 6.10 Å². The molecule has 1 heterocycles. The fraction of sp³-hybridized carbons (Fsp3) is 0.125. The zero-order valence-corrected chi connectivity index (χ0v) is 7.40. The summed E-state index contributed by atoms with van der Waals surface area (Å²) in [7, 11) is 0. The van der Waals surface area contributed by atoms with E-state index in [1.165, 1.54) is 0 Å². The van der Waals surface area contributed by atoms with Crippen LogP contribution in [0.25, 0.3) is 0 Å². The quantitative estimate of drug-likeness (QED) is 0.455. The normalized spacial score (nSPS) is 20.0. The first kappa shape index (κ1) is 8.55. The number of benzene rings is 1. The number of carbonyl (C=O) groups excluding carboxylic acids is 1. The molecule has 0 aliphatic carbocycles. The van der Waals surface area contributed by atoms with Gasteiger partial charge < -0.3 is 7.59 Å². The Labute approximate surface area is 83.7 Å². The maximum absolute atomic E-state index is 10.5. The maximum Gasteiger partial charge on any atom is 2.00 e. The summed E-state index contributed by atoms with van der Waals surface area (Å²) in [6.45, 7) is 0. The monoisotopic (exact) mass is 160 g/mol. The summed E-state index contributed by atoms with van der Waals surface area (Å²) in [6, 6.07) is 9.47. The second kappa shape index (κ2) is 3.24. The van der Waals surface area contributed by atoms with Gasteiger partial charge in [0, 0.05) is 5.56 Å². The van der Waals surface area contributed by atoms with Gasteiger partial charge in [0.1, 0.15) is 0 Å². The smallest absolute Gasteiger partial charge is 1.00 e. The van der Waals surface area contributed by atoms with Crippen LogP contribution in [0.4, 0.5) is 0 Å². The van der Waals surface area contributed by atoms with Crippen molar-refractivity contribution >= 4 is 29.0 Å². The first-order chi connectivity index (χ1) is 4.88. The maximum atomic E-state index is 10.5. The molecule has 0 radical (unpaired) electrons. The number of ether oxygens (including phenoxy) is 1. The molecule has 3 heteroatoms. The van der Waals surface area contributed by atoms with Crippen LogP contribution in [-0.2, 0) is 9.53 Å². The Morgan fingerprint density at radius 1 is 1.27 bits per heavy atom. The summed E-state index contributed by atoms with van der Waals surface area (Å²) in [4.78, 5) is 10.5. The number of carbonyl (C=O) groups is 1. The van der Waals surface area contributed by atoms with Gasteiger partial charge in [-0.25, -0.2) is 4.79 Å². The number of hydrogen-bond acceptors (Lipinski definition) is 2. The van der Waals surface area contributed by atoms with E-state index in [2.05, 4.69) is 4.74 Å². The van der Waals surface area contributed by atoms with Crippen molar-refractivity contribution in [3.8, 4) is 0 Å². The summed E-state index contributed by atoms with van der Waals surface area (Å²) in [5.41, 5.74) is 0.951. The molecule has 1 saturated heterocycles. The van der Waals surface area contributed by atoms with E-state index in [9.17, 15) is 4.79 Å². The third-order valence-corrected chi connectivity index (χ3v) is 1.49. The Kier molecular flexibility index (Phi) is 2.52. The standard InChI is InChI=1S/C8H6O2.Mg.2H/c9-8-7(10-8)6-4-2-1-3-5-6;;;/h1-5,7H;;;/q;+2;2*-1. The Hall–Kier alpha value is -0.544. The van der Waals surface area contributed by atoms with Crippen molar-refractivity contribution in [3.05, 3.63) is 35.9 Å². The molecule has 1 atom stereocenters. The molecule has 1 aromatic rings. The van der Waals surface area contributed by atoms with Gasteiger partial charge in [0.15, 0.2) is 0 Å². The summed E-state index contributed by atoms with van der Waals surface area (Å²) >= 11 is 0. The average molecular weight is 160 g/mol. The van der Waals surface area contributed by atoms with Gasteiger partial charge in [-0.15, -0.1) is 0 Å². The number of epoxide rings is 1. The largest absolute Gasteiger partial charge is 2.00 e. The Bertz CT molecular complexity index is 266. The fourth-order valence-electron chi connectivity index (χ4n) is 0.914. The first-order valence-electron chi connectivity index (χ1n) is 3.13. The van der Waals surface area contributed by atoms with Crippen LogP contribution in [0.15, 0.2) is 30.3 Å². The SMILES string of the molecule is O=C1OC1c1ccccc1.[H-].[H-].[Mg+2]. The van der Waals surface area contributed by atoms with Crippen LogP contribution in [0.5, 0.6) is 0 Å². The summed E-state index contributed by atoms with van der Waals surface area (Å²) < 4.78 is 4.66. The van der Waals surface area contributed by atoms with E-state index in [1.54, 1.807) is 0 Å². The second-order valence-electron chi connectivity index (χ2n) is 2.23. The Morgan fingerprint density at radius 3 is 2.27 bits per heavy atom. The molecular weight excluding hydrogens is 152 g/mol. The predicted octanol–water partition coefficient (Wildman–Crippen LogP) is 1.13. The van der Waals surface area contributed by atoms with E-state index in [0.29, 0.717) is 0 Å². The molecule has 0 aromatic heterocycles. The van der Waals surface area contributed by atoms with Crippen molar-refractivity contribution in [3.63, 3.8) is 0 Å². The van der Waals surface area contributed by atoms with Gasteiger partial charge in [-0.1, -0.05) is 30.3 Å². The van der Waals surface area contributed by atoms with Crippen molar-refractivity contribution in [1.82, 2.24) is 0 Å². The summed E-state index contributed by atoms with van der Waals surface area (Å²) in [5.74, 6) is -0.119. The fourth-order valence-corrected chi connectivity index (χ4v) is 0.914. The van der Waals surface area contributed by atoms with Crippen LogP contribution < -0.4 is 0 Å². The van der Waals surface area contributed by atoms with Crippen molar-refractivity contribution < 1.29 is 12.4 Å². The van der Waals surface area contributed by atoms with Crippen LogP contribution in [0.3, 0.4) is 0 Å². The summed E-state index contributed by atoms with van der Waals surface area (Å²) in [6.07, 6.45) is -0.263. The van der Waals surface area contributed by atoms with E-state index in [4.69, 9.17) is 0 Å². The van der Waals surface area contributed by atoms with Gasteiger partial charge >= 0.3 is 29.0 Å². The van der Waals surface area contributed by atoms with Crippen LogP contribution >= 0.6 is 0 Å². The molecule has 1 unspecified atom stereocenters. The van der Waals surface area contributed by atoms with Gasteiger partial charge in [-0.05, 0) is 0 Å². The van der Waals surface area contributed by atoms with E-state index in [0.717, 1.165) is 5.56 Å². The van der Waals surface area contributed by atoms with Gasteiger partial charge in [0.25, 0.3) is 0 Å². The predicted molar refractivity (Wildman–Crippen MR) is 43.3 cm³/mol. The molecule has 0 bridgehead atoms. The van der Waals surface area contributed by atoms with E-state index >= 15 is 0 Å². The van der Waals surface area contributed by atoms with Crippen LogP contribution in [-0.4, -0.2) is 29.0 Å². The minimum Gasteiger partial charge on any atom is -1.00 e. The van der Waals surface area contributed by atoms with Crippen LogP contribution in [0.1, 0.15) is 14.5 Å². The van der Waals surface area contributed by atoms with E-state index < -0.39 is 0 Å². The third-order valence-electron chi connectivity index (χ3n) is 1.49. The van der Waals surface area contributed by atoms with E-state index in [-0.39, 0.29) is 38.0 Å². The molecule has 11 heavy (non-hydrogen) atoms. The molecule has 2 rings (SSSR count). The zero-order chi connectivity index (χ0) is 6.97. The van der Waals surface area contributed by atoms with Crippen molar-refractivity contribution in [2.45, 2.75) is 6.10 Å². The molecule has 0 N–H and O–H groups in total. The van der Waals surface area contributed by atoms with Crippen molar-refractivity contribution in [2.75, 3.05) is 0 Å². The molecule has 0 amide bonds.